The molecule has 0 radical (unpaired) electrons. The summed E-state index contributed by atoms with van der Waals surface area (Å²) in [6, 6.07) is -0.283. The molecule has 1 saturated heterocycles. The maximum Gasteiger partial charge on any atom is 0.416 e. The van der Waals surface area contributed by atoms with Crippen LogP contribution in [0.2, 0.25) is 0 Å². The molecule has 3 aromatic rings. The fraction of sp³-hybridized carbons (Fsp3) is 0.333. The van der Waals surface area contributed by atoms with Crippen LogP contribution in [0.5, 0.6) is 0 Å². The Morgan fingerprint density at radius 1 is 0.271 bits per heavy atom. The summed E-state index contributed by atoms with van der Waals surface area (Å²) in [5.74, 6) is 0. The van der Waals surface area contributed by atoms with Gasteiger partial charge in [0.25, 0.3) is 0 Å². The molecule has 0 N–H and O–H groups in total. The van der Waals surface area contributed by atoms with E-state index in [2.05, 4.69) is 0 Å². The summed E-state index contributed by atoms with van der Waals surface area (Å²) >= 11 is 0. The van der Waals surface area contributed by atoms with Gasteiger partial charge in [-0.05, 0) is 54.6 Å². The third-order valence-corrected chi connectivity index (χ3v) is 6.84. The minimum absolute atomic E-state index is 0.109. The van der Waals surface area contributed by atoms with E-state index in [4.69, 9.17) is 0 Å². The van der Waals surface area contributed by atoms with E-state index in [0.717, 1.165) is 0 Å². The molecular weight excluding hydrogens is 708 g/mol. The SMILES string of the molecule is FC(F)(F)c1cc(N2CN(c3cc(C(F)(F)F)cc(C(F)(F)F)c3)CN(c3cc(C(F)(F)F)cc(C(F)(F)F)c3)C2)cc(C(F)(F)F)c1. The molecule has 1 aliphatic heterocycles. The Kier molecular flexibility index (Phi) is 8.96. The van der Waals surface area contributed by atoms with Gasteiger partial charge in [0.05, 0.1) is 53.4 Å². The van der Waals surface area contributed by atoms with Gasteiger partial charge in [0.15, 0.2) is 0 Å². The van der Waals surface area contributed by atoms with Crippen LogP contribution in [-0.4, -0.2) is 20.0 Å². The number of hydrogen-bond donors (Lipinski definition) is 0. The smallest absolute Gasteiger partial charge is 0.336 e. The van der Waals surface area contributed by atoms with E-state index in [0.29, 0.717) is 14.7 Å². The van der Waals surface area contributed by atoms with Gasteiger partial charge in [-0.15, -0.1) is 0 Å². The Morgan fingerprint density at radius 2 is 0.417 bits per heavy atom. The van der Waals surface area contributed by atoms with E-state index >= 15 is 0 Å². The number of halogens is 18. The first-order chi connectivity index (χ1) is 21.5. The van der Waals surface area contributed by atoms with Crippen LogP contribution in [0.3, 0.4) is 0 Å². The summed E-state index contributed by atoms with van der Waals surface area (Å²) in [6.07, 6.45) is -32.7. The first-order valence-electron chi connectivity index (χ1n) is 12.7. The number of rotatable bonds is 3. The minimum Gasteiger partial charge on any atom is -0.336 e. The molecule has 4 rings (SSSR count). The monoisotopic (exact) mass is 723 g/mol. The zero-order valence-corrected chi connectivity index (χ0v) is 23.0. The van der Waals surface area contributed by atoms with Gasteiger partial charge in [0.2, 0.25) is 0 Å². The molecule has 0 aromatic heterocycles. The second-order valence-electron chi connectivity index (χ2n) is 10.3. The van der Waals surface area contributed by atoms with Crippen molar-refractivity contribution < 1.29 is 79.0 Å². The summed E-state index contributed by atoms with van der Waals surface area (Å²) in [7, 11) is 0. The van der Waals surface area contributed by atoms with Gasteiger partial charge in [0, 0.05) is 17.1 Å². The van der Waals surface area contributed by atoms with Crippen molar-refractivity contribution >= 4 is 17.1 Å². The molecule has 48 heavy (non-hydrogen) atoms. The lowest BCUT2D eigenvalue weighted by Gasteiger charge is -2.46. The number of benzene rings is 3. The Bertz CT molecular complexity index is 1350. The van der Waals surface area contributed by atoms with Crippen molar-refractivity contribution in [3.8, 4) is 0 Å². The molecule has 0 spiro atoms. The molecule has 0 atom stereocenters. The Hall–Kier alpha value is -4.20. The van der Waals surface area contributed by atoms with Crippen LogP contribution >= 0.6 is 0 Å². The largest absolute Gasteiger partial charge is 0.416 e. The maximum atomic E-state index is 13.6. The Balaban J connectivity index is 1.97. The van der Waals surface area contributed by atoms with Crippen molar-refractivity contribution in [2.24, 2.45) is 0 Å². The molecule has 0 aliphatic carbocycles. The first-order valence-corrected chi connectivity index (χ1v) is 12.7. The quantitative estimate of drug-likeness (QED) is 0.249. The van der Waals surface area contributed by atoms with Crippen molar-refractivity contribution in [1.82, 2.24) is 0 Å². The van der Waals surface area contributed by atoms with Crippen LogP contribution in [0.25, 0.3) is 0 Å². The zero-order valence-electron chi connectivity index (χ0n) is 23.0. The van der Waals surface area contributed by atoms with Crippen LogP contribution in [-0.2, 0) is 37.1 Å². The first kappa shape index (κ1) is 36.6. The van der Waals surface area contributed by atoms with Crippen LogP contribution in [0.1, 0.15) is 33.4 Å². The van der Waals surface area contributed by atoms with Crippen molar-refractivity contribution in [3.63, 3.8) is 0 Å². The normalized spacial score (nSPS) is 15.8. The second-order valence-corrected chi connectivity index (χ2v) is 10.3. The van der Waals surface area contributed by atoms with Crippen molar-refractivity contribution in [2.45, 2.75) is 37.1 Å². The number of hydrogen-bond acceptors (Lipinski definition) is 3. The number of nitrogens with zero attached hydrogens (tertiary/aromatic N) is 3. The fourth-order valence-corrected chi connectivity index (χ4v) is 4.61. The highest BCUT2D eigenvalue weighted by Crippen LogP contribution is 2.43. The Morgan fingerprint density at radius 3 is 0.542 bits per heavy atom. The number of alkyl halides is 18. The Labute approximate surface area is 256 Å². The van der Waals surface area contributed by atoms with Crippen molar-refractivity contribution in [2.75, 3.05) is 34.7 Å². The van der Waals surface area contributed by atoms with E-state index < -0.39 is 108 Å². The molecular formula is C27H15F18N3. The lowest BCUT2D eigenvalue weighted by atomic mass is 10.1. The summed E-state index contributed by atoms with van der Waals surface area (Å²) in [5.41, 5.74) is -14.6. The van der Waals surface area contributed by atoms with E-state index in [-0.39, 0.29) is 54.6 Å². The maximum absolute atomic E-state index is 13.6. The van der Waals surface area contributed by atoms with Crippen molar-refractivity contribution in [1.29, 1.82) is 0 Å². The molecule has 1 heterocycles. The van der Waals surface area contributed by atoms with Crippen molar-refractivity contribution in [3.05, 3.63) is 88.0 Å². The van der Waals surface area contributed by atoms with Crippen LogP contribution in [0.4, 0.5) is 96.1 Å². The number of anilines is 3. The van der Waals surface area contributed by atoms with Crippen LogP contribution in [0, 0.1) is 0 Å². The molecule has 3 nitrogen and oxygen atoms in total. The molecule has 3 aromatic carbocycles. The second kappa shape index (κ2) is 11.7. The summed E-state index contributed by atoms with van der Waals surface area (Å²) < 4.78 is 244. The van der Waals surface area contributed by atoms with E-state index in [9.17, 15) is 79.0 Å². The predicted octanol–water partition coefficient (Wildman–Crippen LogP) is 10.5. The lowest BCUT2D eigenvalue weighted by molar-refractivity contribution is -0.144. The molecule has 0 bridgehead atoms. The van der Waals surface area contributed by atoms with Gasteiger partial charge in [-0.2, -0.15) is 79.0 Å². The zero-order chi connectivity index (χ0) is 36.4. The van der Waals surface area contributed by atoms with E-state index in [1.165, 1.54) is 0 Å². The minimum atomic E-state index is -5.45. The summed E-state index contributed by atoms with van der Waals surface area (Å²) in [6.45, 7) is -3.25. The van der Waals surface area contributed by atoms with Gasteiger partial charge in [-0.1, -0.05) is 0 Å². The van der Waals surface area contributed by atoms with Crippen LogP contribution < -0.4 is 14.7 Å². The average molecular weight is 723 g/mol. The van der Waals surface area contributed by atoms with E-state index in [1.807, 2.05) is 0 Å². The molecule has 0 amide bonds. The van der Waals surface area contributed by atoms with Gasteiger partial charge in [-0.3, -0.25) is 0 Å². The fourth-order valence-electron chi connectivity index (χ4n) is 4.61. The highest BCUT2D eigenvalue weighted by Gasteiger charge is 2.42. The van der Waals surface area contributed by atoms with Gasteiger partial charge < -0.3 is 14.7 Å². The highest BCUT2D eigenvalue weighted by atomic mass is 19.4. The third-order valence-electron chi connectivity index (χ3n) is 6.84. The van der Waals surface area contributed by atoms with Gasteiger partial charge in [-0.25, -0.2) is 0 Å². The molecule has 1 aliphatic rings. The highest BCUT2D eigenvalue weighted by molar-refractivity contribution is 5.63. The lowest BCUT2D eigenvalue weighted by Crippen LogP contribution is -2.56. The standard InChI is InChI=1S/C27H15F18N3/c28-22(29,30)13-1-14(23(31,32)33)5-19(4-13)46-10-47(20-6-15(24(34,35)36)2-16(7-20)25(37,38)39)12-48(11-46)21-8-17(26(40,41)42)3-18(9-21)27(43,44)45/h1-9H,10-12H2. The summed E-state index contributed by atoms with van der Waals surface area (Å²) in [5, 5.41) is 0. The predicted molar refractivity (Wildman–Crippen MR) is 131 cm³/mol. The molecule has 21 heteroatoms. The van der Waals surface area contributed by atoms with Gasteiger partial charge in [0.1, 0.15) is 0 Å². The van der Waals surface area contributed by atoms with Gasteiger partial charge >= 0.3 is 37.1 Å². The molecule has 264 valence electrons. The summed E-state index contributed by atoms with van der Waals surface area (Å²) in [4.78, 5) is 1.44. The average Bonchev–Trinajstić information content (AvgIpc) is 2.93. The molecule has 0 saturated carbocycles. The van der Waals surface area contributed by atoms with Crippen LogP contribution in [0.15, 0.2) is 54.6 Å². The molecule has 0 unspecified atom stereocenters. The topological polar surface area (TPSA) is 9.72 Å². The third kappa shape index (κ3) is 8.26. The molecule has 1 fully saturated rings. The van der Waals surface area contributed by atoms with E-state index in [1.54, 1.807) is 0 Å².